The van der Waals surface area contributed by atoms with Crippen molar-refractivity contribution in [3.8, 4) is 11.1 Å². The average Bonchev–Trinajstić information content (AvgIpc) is 3.16. The summed E-state index contributed by atoms with van der Waals surface area (Å²) >= 11 is 0. The molecule has 0 unspecified atom stereocenters. The molecule has 0 amide bonds. The van der Waals surface area contributed by atoms with Crippen LogP contribution >= 0.6 is 16.7 Å². The first-order valence-corrected chi connectivity index (χ1v) is 16.0. The lowest BCUT2D eigenvalue weighted by Crippen LogP contribution is -2.51. The SMILES string of the molecule is N=Pc1cc2ccccc2c2c1C[N+]1(CCOCCOCCOCCOCC1)Cc1c(P=N)cc3ccccc3c1-2. The minimum Gasteiger partial charge on any atom is -0.377 e. The summed E-state index contributed by atoms with van der Waals surface area (Å²) in [6.45, 7) is 7.69. The lowest BCUT2D eigenvalue weighted by molar-refractivity contribution is -0.953. The largest absolute Gasteiger partial charge is 0.377 e. The molecule has 2 aliphatic rings. The Labute approximate surface area is 244 Å². The molecule has 212 valence electrons. The Morgan fingerprint density at radius 3 is 1.34 bits per heavy atom. The summed E-state index contributed by atoms with van der Waals surface area (Å²) in [6.07, 6.45) is 0. The Morgan fingerprint density at radius 1 is 0.537 bits per heavy atom. The molecule has 4 aromatic carbocycles. The molecular weight excluding hydrogens is 552 g/mol. The summed E-state index contributed by atoms with van der Waals surface area (Å²) in [5, 5.41) is 24.0. The molecule has 2 heterocycles. The van der Waals surface area contributed by atoms with Crippen molar-refractivity contribution in [3.05, 3.63) is 71.8 Å². The van der Waals surface area contributed by atoms with Crippen LogP contribution in [0.5, 0.6) is 0 Å². The minimum absolute atomic E-state index is 0.507. The molecule has 1 spiro atoms. The van der Waals surface area contributed by atoms with Gasteiger partial charge in [-0.3, -0.25) is 10.3 Å². The molecule has 0 saturated carbocycles. The van der Waals surface area contributed by atoms with E-state index in [2.05, 4.69) is 60.7 Å². The van der Waals surface area contributed by atoms with Crippen molar-refractivity contribution in [3.63, 3.8) is 0 Å². The van der Waals surface area contributed by atoms with E-state index >= 15 is 0 Å². The summed E-state index contributed by atoms with van der Waals surface area (Å²) in [5.74, 6) is 0. The van der Waals surface area contributed by atoms with E-state index in [4.69, 9.17) is 29.3 Å². The Kier molecular flexibility index (Phi) is 9.14. The van der Waals surface area contributed by atoms with Crippen LogP contribution in [-0.2, 0) is 32.0 Å². The molecule has 7 nitrogen and oxygen atoms in total. The summed E-state index contributed by atoms with van der Waals surface area (Å²) in [6, 6.07) is 21.5. The monoisotopic (exact) mass is 588 g/mol. The topological polar surface area (TPSA) is 84.6 Å². The molecule has 0 atom stereocenters. The van der Waals surface area contributed by atoms with Crippen LogP contribution < -0.4 is 10.6 Å². The first-order valence-electron chi connectivity index (χ1n) is 14.2. The molecular formula is C32H36N3O4P2+. The van der Waals surface area contributed by atoms with Gasteiger partial charge in [-0.1, -0.05) is 48.5 Å². The Bertz CT molecular complexity index is 1460. The van der Waals surface area contributed by atoms with Crippen molar-refractivity contribution >= 4 is 48.9 Å². The van der Waals surface area contributed by atoms with Crippen LogP contribution in [0.25, 0.3) is 32.7 Å². The van der Waals surface area contributed by atoms with Gasteiger partial charge in [0.2, 0.25) is 0 Å². The Balaban J connectivity index is 1.57. The molecule has 41 heavy (non-hydrogen) atoms. The molecule has 2 N–H and O–H groups in total. The molecule has 1 saturated heterocycles. The molecule has 2 aliphatic heterocycles. The summed E-state index contributed by atoms with van der Waals surface area (Å²) < 4.78 is 24.3. The number of benzene rings is 4. The van der Waals surface area contributed by atoms with Crippen molar-refractivity contribution < 1.29 is 23.4 Å². The summed E-state index contributed by atoms with van der Waals surface area (Å²) in [5.41, 5.74) is 4.91. The second-order valence-corrected chi connectivity index (χ2v) is 12.1. The number of nitrogens with zero attached hydrogens (tertiary/aromatic N) is 1. The Hall–Kier alpha value is -2.60. The maximum Gasteiger partial charge on any atom is 0.106 e. The standard InChI is InChI=1S/C32H36N3O4P2/c33-40-29-19-23-5-1-3-7-25(23)31-27(29)21-35(9-11-36-13-15-38-17-18-39-16-14-37-12-10-35)22-28-30(41-34)20-24-6-2-4-8-26(24)32(28)31/h1-8,19-20,33-34H,9-18,21-22H2/q+1. The fourth-order valence-corrected chi connectivity index (χ4v) is 7.32. The van der Waals surface area contributed by atoms with Crippen LogP contribution in [0.3, 0.4) is 0 Å². The first-order chi connectivity index (χ1) is 20.2. The van der Waals surface area contributed by atoms with Gasteiger partial charge in [-0.2, -0.15) is 0 Å². The van der Waals surface area contributed by atoms with Crippen molar-refractivity contribution in [1.82, 2.24) is 0 Å². The van der Waals surface area contributed by atoms with Gasteiger partial charge in [-0.15, -0.1) is 0 Å². The van der Waals surface area contributed by atoms with Gasteiger partial charge in [0.25, 0.3) is 0 Å². The normalized spacial score (nSPS) is 18.9. The van der Waals surface area contributed by atoms with Gasteiger partial charge in [0.1, 0.15) is 26.2 Å². The first kappa shape index (κ1) is 28.5. The van der Waals surface area contributed by atoms with E-state index in [0.29, 0.717) is 69.6 Å². The molecule has 1 fully saturated rings. The quantitative estimate of drug-likeness (QED) is 0.215. The van der Waals surface area contributed by atoms with Crippen LogP contribution in [0, 0.1) is 10.3 Å². The van der Waals surface area contributed by atoms with Gasteiger partial charge in [0.05, 0.1) is 52.9 Å². The van der Waals surface area contributed by atoms with Crippen molar-refractivity contribution in [2.45, 2.75) is 13.1 Å². The van der Waals surface area contributed by atoms with Gasteiger partial charge >= 0.3 is 0 Å². The van der Waals surface area contributed by atoms with Crippen molar-refractivity contribution in [2.75, 3.05) is 65.9 Å². The number of hydrogen-bond donors (Lipinski definition) is 2. The van der Waals surface area contributed by atoms with Crippen molar-refractivity contribution in [2.24, 2.45) is 0 Å². The van der Waals surface area contributed by atoms with E-state index in [-0.39, 0.29) is 0 Å². The van der Waals surface area contributed by atoms with Crippen LogP contribution in [0.15, 0.2) is 60.7 Å². The highest BCUT2D eigenvalue weighted by Crippen LogP contribution is 2.44. The van der Waals surface area contributed by atoms with Crippen LogP contribution in [-0.4, -0.2) is 70.4 Å². The second kappa shape index (κ2) is 13.1. The maximum atomic E-state index is 8.58. The molecule has 0 bridgehead atoms. The number of nitrogens with one attached hydrogen (secondary N) is 2. The highest BCUT2D eigenvalue weighted by Gasteiger charge is 2.37. The van der Waals surface area contributed by atoms with E-state index in [1.54, 1.807) is 0 Å². The van der Waals surface area contributed by atoms with Crippen LogP contribution in [0.4, 0.5) is 0 Å². The fraction of sp³-hybridized carbons (Fsp3) is 0.375. The van der Waals surface area contributed by atoms with Crippen LogP contribution in [0.2, 0.25) is 0 Å². The van der Waals surface area contributed by atoms with Gasteiger partial charge in [0.15, 0.2) is 0 Å². The zero-order valence-electron chi connectivity index (χ0n) is 23.2. The molecule has 4 aromatic rings. The van der Waals surface area contributed by atoms with Gasteiger partial charge < -0.3 is 23.4 Å². The lowest BCUT2D eigenvalue weighted by Gasteiger charge is -2.38. The van der Waals surface area contributed by atoms with E-state index < -0.39 is 0 Å². The van der Waals surface area contributed by atoms with Gasteiger partial charge in [-0.05, 0) is 33.7 Å². The summed E-state index contributed by atoms with van der Waals surface area (Å²) in [4.78, 5) is 0. The number of quaternary nitrogens is 1. The predicted octanol–water partition coefficient (Wildman–Crippen LogP) is 6.24. The zero-order valence-corrected chi connectivity index (χ0v) is 25.0. The van der Waals surface area contributed by atoms with Gasteiger partial charge in [-0.25, -0.2) is 0 Å². The fourth-order valence-electron chi connectivity index (χ4n) is 6.27. The number of ether oxygens (including phenoxy) is 4. The highest BCUT2D eigenvalue weighted by molar-refractivity contribution is 7.35. The van der Waals surface area contributed by atoms with E-state index in [1.165, 1.54) is 33.0 Å². The van der Waals surface area contributed by atoms with E-state index in [1.807, 2.05) is 0 Å². The smallest absolute Gasteiger partial charge is 0.106 e. The third-order valence-corrected chi connectivity index (χ3v) is 9.56. The minimum atomic E-state index is 0.507. The molecule has 6 rings (SSSR count). The van der Waals surface area contributed by atoms with Gasteiger partial charge in [0, 0.05) is 49.6 Å². The molecule has 0 aliphatic carbocycles. The molecule has 0 aromatic heterocycles. The zero-order chi connectivity index (χ0) is 28.1. The summed E-state index contributed by atoms with van der Waals surface area (Å²) in [7, 11) is 1.01. The predicted molar refractivity (Wildman–Crippen MR) is 166 cm³/mol. The van der Waals surface area contributed by atoms with E-state index in [9.17, 15) is 0 Å². The van der Waals surface area contributed by atoms with Crippen molar-refractivity contribution in [1.29, 1.82) is 10.3 Å². The molecule has 9 heteroatoms. The number of rotatable bonds is 2. The Morgan fingerprint density at radius 2 is 0.927 bits per heavy atom. The molecule has 0 radical (unpaired) electrons. The van der Waals surface area contributed by atoms with E-state index in [0.717, 1.165) is 52.0 Å². The third kappa shape index (κ3) is 6.00. The average molecular weight is 589 g/mol. The number of fused-ring (bicyclic) bond motifs is 7. The number of hydrogen-bond acceptors (Lipinski definition) is 6. The lowest BCUT2D eigenvalue weighted by atomic mass is 9.88. The highest BCUT2D eigenvalue weighted by atomic mass is 31.1. The maximum absolute atomic E-state index is 8.58. The second-order valence-electron chi connectivity index (χ2n) is 10.7. The third-order valence-electron chi connectivity index (χ3n) is 8.28. The van der Waals surface area contributed by atoms with Crippen LogP contribution in [0.1, 0.15) is 11.1 Å².